The molecule has 0 aliphatic heterocycles. The molecule has 0 bridgehead atoms. The molecule has 0 aliphatic rings. The Morgan fingerprint density at radius 3 is 2.76 bits per heavy atom. The largest absolute Gasteiger partial charge is 0.487 e. The Balaban J connectivity index is 1.66. The first-order chi connectivity index (χ1) is 12.2. The van der Waals surface area contributed by atoms with Crippen LogP contribution in [0.1, 0.15) is 21.7 Å². The topological polar surface area (TPSA) is 65.0 Å². The number of nitrogens with zero attached hydrogens (tertiary/aromatic N) is 3. The smallest absolute Gasteiger partial charge is 0.187 e. The molecule has 0 aliphatic carbocycles. The molecule has 0 N–H and O–H groups in total. The lowest BCUT2D eigenvalue weighted by molar-refractivity contribution is 0.0991. The van der Waals surface area contributed by atoms with Crippen LogP contribution in [0.25, 0.3) is 0 Å². The monoisotopic (exact) mass is 351 g/mol. The van der Waals surface area contributed by atoms with Crippen molar-refractivity contribution in [2.24, 2.45) is 0 Å². The molecule has 0 saturated heterocycles. The van der Waals surface area contributed by atoms with Gasteiger partial charge in [-0.1, -0.05) is 30.0 Å². The van der Waals surface area contributed by atoms with Gasteiger partial charge in [0.1, 0.15) is 12.4 Å². The maximum absolute atomic E-state index is 12.5. The number of hydrogen-bond acceptors (Lipinski definition) is 6. The van der Waals surface area contributed by atoms with Crippen molar-refractivity contribution >= 4 is 17.5 Å². The molecule has 3 rings (SSSR count). The molecule has 126 valence electrons. The molecule has 6 heteroatoms. The number of carbonyl (C=O) groups is 1. The van der Waals surface area contributed by atoms with Crippen molar-refractivity contribution in [3.8, 4) is 5.75 Å². The summed E-state index contributed by atoms with van der Waals surface area (Å²) in [5.74, 6) is 0.637. The number of benzene rings is 1. The average molecular weight is 351 g/mol. The predicted octanol–water partition coefficient (Wildman–Crippen LogP) is 3.60. The van der Waals surface area contributed by atoms with E-state index in [1.165, 1.54) is 11.8 Å². The van der Waals surface area contributed by atoms with Gasteiger partial charge in [-0.2, -0.15) is 0 Å². The van der Waals surface area contributed by atoms with Crippen molar-refractivity contribution < 1.29 is 9.53 Å². The standard InChI is InChI=1S/C19H17N3O2S/c1-25-19-21-10-8-15(22-19)12-18(23)14-5-4-7-17(11-14)24-13-16-6-2-3-9-20-16/h2-11H,12-13H2,1H3. The van der Waals surface area contributed by atoms with Gasteiger partial charge in [-0.25, -0.2) is 9.97 Å². The molecule has 1 aromatic carbocycles. The Morgan fingerprint density at radius 1 is 1.04 bits per heavy atom. The minimum atomic E-state index is -0.00552. The number of hydrogen-bond donors (Lipinski definition) is 0. The first-order valence-corrected chi connectivity index (χ1v) is 8.99. The van der Waals surface area contributed by atoms with Gasteiger partial charge in [-0.3, -0.25) is 9.78 Å². The fraction of sp³-hybridized carbons (Fsp3) is 0.158. The lowest BCUT2D eigenvalue weighted by Crippen LogP contribution is -2.06. The van der Waals surface area contributed by atoms with Gasteiger partial charge < -0.3 is 4.74 Å². The van der Waals surface area contributed by atoms with Crippen LogP contribution in [0, 0.1) is 0 Å². The molecule has 25 heavy (non-hydrogen) atoms. The summed E-state index contributed by atoms with van der Waals surface area (Å²) in [5.41, 5.74) is 2.15. The van der Waals surface area contributed by atoms with Crippen LogP contribution >= 0.6 is 11.8 Å². The van der Waals surface area contributed by atoms with E-state index < -0.39 is 0 Å². The fourth-order valence-electron chi connectivity index (χ4n) is 2.24. The highest BCUT2D eigenvalue weighted by molar-refractivity contribution is 7.98. The summed E-state index contributed by atoms with van der Waals surface area (Å²) in [4.78, 5) is 25.2. The summed E-state index contributed by atoms with van der Waals surface area (Å²) < 4.78 is 5.73. The normalized spacial score (nSPS) is 10.4. The van der Waals surface area contributed by atoms with E-state index in [2.05, 4.69) is 15.0 Å². The van der Waals surface area contributed by atoms with Gasteiger partial charge in [0, 0.05) is 18.0 Å². The Morgan fingerprint density at radius 2 is 1.96 bits per heavy atom. The molecule has 0 amide bonds. The van der Waals surface area contributed by atoms with Crippen LogP contribution in [0.5, 0.6) is 5.75 Å². The Bertz CT molecular complexity index is 856. The average Bonchev–Trinajstić information content (AvgIpc) is 2.67. The lowest BCUT2D eigenvalue weighted by Gasteiger charge is -2.07. The molecule has 0 radical (unpaired) electrons. The van der Waals surface area contributed by atoms with Crippen molar-refractivity contribution in [1.29, 1.82) is 0 Å². The van der Waals surface area contributed by atoms with Gasteiger partial charge in [-0.05, 0) is 36.6 Å². The summed E-state index contributed by atoms with van der Waals surface area (Å²) in [6.07, 6.45) is 5.54. The van der Waals surface area contributed by atoms with E-state index in [0.29, 0.717) is 28.8 Å². The van der Waals surface area contributed by atoms with E-state index in [9.17, 15) is 4.79 Å². The molecule has 5 nitrogen and oxygen atoms in total. The van der Waals surface area contributed by atoms with Gasteiger partial charge in [0.15, 0.2) is 10.9 Å². The Labute approximate surface area is 150 Å². The van der Waals surface area contributed by atoms with Gasteiger partial charge >= 0.3 is 0 Å². The Kier molecular flexibility index (Phi) is 5.74. The lowest BCUT2D eigenvalue weighted by atomic mass is 10.1. The molecular weight excluding hydrogens is 334 g/mol. The number of carbonyl (C=O) groups excluding carboxylic acids is 1. The second kappa shape index (κ2) is 8.39. The third-order valence-electron chi connectivity index (χ3n) is 3.48. The highest BCUT2D eigenvalue weighted by atomic mass is 32.2. The SMILES string of the molecule is CSc1nccc(CC(=O)c2cccc(OCc3ccccn3)c2)n1. The van der Waals surface area contributed by atoms with Crippen molar-refractivity contribution in [3.63, 3.8) is 0 Å². The first kappa shape index (κ1) is 17.1. The highest BCUT2D eigenvalue weighted by Crippen LogP contribution is 2.17. The second-order valence-electron chi connectivity index (χ2n) is 5.27. The summed E-state index contributed by atoms with van der Waals surface area (Å²) in [6.45, 7) is 0.363. The summed E-state index contributed by atoms with van der Waals surface area (Å²) in [7, 11) is 0. The molecule has 0 spiro atoms. The van der Waals surface area contributed by atoms with Crippen LogP contribution in [0.15, 0.2) is 66.1 Å². The summed E-state index contributed by atoms with van der Waals surface area (Å²) >= 11 is 1.45. The van der Waals surface area contributed by atoms with Crippen LogP contribution in [0.2, 0.25) is 0 Å². The Hall–Kier alpha value is -2.73. The van der Waals surface area contributed by atoms with Crippen LogP contribution in [0.3, 0.4) is 0 Å². The van der Waals surface area contributed by atoms with Crippen molar-refractivity contribution in [2.45, 2.75) is 18.2 Å². The predicted molar refractivity (Wildman–Crippen MR) is 96.9 cm³/mol. The molecule has 2 aromatic heterocycles. The zero-order valence-corrected chi connectivity index (χ0v) is 14.6. The molecule has 0 unspecified atom stereocenters. The molecular formula is C19H17N3O2S. The van der Waals surface area contributed by atoms with Crippen LogP contribution < -0.4 is 4.74 Å². The van der Waals surface area contributed by atoms with Gasteiger partial charge in [-0.15, -0.1) is 0 Å². The van der Waals surface area contributed by atoms with E-state index in [4.69, 9.17) is 4.74 Å². The van der Waals surface area contributed by atoms with E-state index in [1.54, 1.807) is 30.6 Å². The van der Waals surface area contributed by atoms with Crippen molar-refractivity contribution in [3.05, 3.63) is 77.9 Å². The van der Waals surface area contributed by atoms with Crippen LogP contribution in [-0.2, 0) is 13.0 Å². The third kappa shape index (κ3) is 4.87. The maximum Gasteiger partial charge on any atom is 0.187 e. The highest BCUT2D eigenvalue weighted by Gasteiger charge is 2.10. The van der Waals surface area contributed by atoms with E-state index in [1.807, 2.05) is 36.6 Å². The van der Waals surface area contributed by atoms with Crippen molar-refractivity contribution in [2.75, 3.05) is 6.26 Å². The second-order valence-corrected chi connectivity index (χ2v) is 6.05. The van der Waals surface area contributed by atoms with E-state index in [0.717, 1.165) is 5.69 Å². The number of thioether (sulfide) groups is 1. The number of aromatic nitrogens is 3. The molecule has 2 heterocycles. The molecule has 0 fully saturated rings. The first-order valence-electron chi connectivity index (χ1n) is 7.76. The maximum atomic E-state index is 12.5. The number of ether oxygens (including phenoxy) is 1. The fourth-order valence-corrected chi connectivity index (χ4v) is 2.61. The summed E-state index contributed by atoms with van der Waals surface area (Å²) in [5, 5.41) is 0.665. The number of pyridine rings is 1. The number of ketones is 1. The van der Waals surface area contributed by atoms with E-state index >= 15 is 0 Å². The van der Waals surface area contributed by atoms with E-state index in [-0.39, 0.29) is 12.2 Å². The van der Waals surface area contributed by atoms with Crippen molar-refractivity contribution in [1.82, 2.24) is 15.0 Å². The zero-order chi connectivity index (χ0) is 17.5. The van der Waals surface area contributed by atoms with Crippen LogP contribution in [0.4, 0.5) is 0 Å². The zero-order valence-electron chi connectivity index (χ0n) is 13.8. The minimum Gasteiger partial charge on any atom is -0.487 e. The van der Waals surface area contributed by atoms with Gasteiger partial charge in [0.25, 0.3) is 0 Å². The molecule has 0 atom stereocenters. The quantitative estimate of drug-likeness (QED) is 0.368. The van der Waals surface area contributed by atoms with Gasteiger partial charge in [0.05, 0.1) is 17.8 Å². The number of Topliss-reactive ketones (excluding diaryl/α,β-unsaturated/α-hetero) is 1. The molecule has 3 aromatic rings. The van der Waals surface area contributed by atoms with Gasteiger partial charge in [0.2, 0.25) is 0 Å². The minimum absolute atomic E-state index is 0.00552. The summed E-state index contributed by atoms with van der Waals surface area (Å²) in [6, 6.07) is 14.6. The third-order valence-corrected chi connectivity index (χ3v) is 4.05. The van der Waals surface area contributed by atoms with Crippen LogP contribution in [-0.4, -0.2) is 27.0 Å². The molecule has 0 saturated carbocycles. The number of rotatable bonds is 7.